The maximum absolute atomic E-state index is 12.1. The Morgan fingerprint density at radius 1 is 0.659 bits per heavy atom. The van der Waals surface area contributed by atoms with Gasteiger partial charge in [0.25, 0.3) is 0 Å². The Kier molecular flexibility index (Phi) is 17.2. The molecule has 0 radical (unpaired) electrons. The maximum Gasteiger partial charge on any atom is 0.408 e. The van der Waals surface area contributed by atoms with E-state index in [4.69, 9.17) is 25.7 Å². The molecular formula is C32H34Cl2N4O6. The van der Waals surface area contributed by atoms with E-state index in [0.717, 1.165) is 22.3 Å². The molecule has 232 valence electrons. The number of nitrogens with one attached hydrogen (secondary N) is 2. The first-order chi connectivity index (χ1) is 20.4. The van der Waals surface area contributed by atoms with Gasteiger partial charge in [-0.3, -0.25) is 0 Å². The number of ether oxygens (including phenoxy) is 3. The minimum Gasteiger partial charge on any atom is -0.465 e. The molecule has 0 atom stereocenters. The second kappa shape index (κ2) is 20.2. The van der Waals surface area contributed by atoms with Crippen molar-refractivity contribution in [2.75, 3.05) is 20.3 Å². The summed E-state index contributed by atoms with van der Waals surface area (Å²) in [4.78, 5) is 36.1. The van der Waals surface area contributed by atoms with Gasteiger partial charge in [-0.15, -0.1) is 24.8 Å². The normalized spacial score (nSPS) is 9.34. The topological polar surface area (TPSA) is 155 Å². The van der Waals surface area contributed by atoms with Crippen LogP contribution in [0.4, 0.5) is 9.59 Å². The lowest BCUT2D eigenvalue weighted by molar-refractivity contribution is 0.0600. The summed E-state index contributed by atoms with van der Waals surface area (Å²) >= 11 is 0. The van der Waals surface area contributed by atoms with Gasteiger partial charge in [0.15, 0.2) is 13.2 Å². The highest BCUT2D eigenvalue weighted by atomic mass is 35.5. The van der Waals surface area contributed by atoms with Crippen LogP contribution in [0.15, 0.2) is 66.7 Å². The van der Waals surface area contributed by atoms with Gasteiger partial charge >= 0.3 is 18.2 Å². The molecule has 6 N–H and O–H groups in total. The number of benzene rings is 3. The van der Waals surface area contributed by atoms with Gasteiger partial charge in [-0.1, -0.05) is 72.2 Å². The molecule has 0 aliphatic rings. The van der Waals surface area contributed by atoms with Crippen LogP contribution in [0.3, 0.4) is 0 Å². The summed E-state index contributed by atoms with van der Waals surface area (Å²) in [5.41, 5.74) is 16.2. The Morgan fingerprint density at radius 2 is 1.05 bits per heavy atom. The quantitative estimate of drug-likeness (QED) is 0.156. The van der Waals surface area contributed by atoms with E-state index in [2.05, 4.69) is 34.3 Å². The van der Waals surface area contributed by atoms with Gasteiger partial charge in [0.1, 0.15) is 0 Å². The highest BCUT2D eigenvalue weighted by Gasteiger charge is 2.08. The molecule has 0 bridgehead atoms. The van der Waals surface area contributed by atoms with Crippen molar-refractivity contribution >= 4 is 43.0 Å². The van der Waals surface area contributed by atoms with Gasteiger partial charge in [0.2, 0.25) is 0 Å². The second-order valence-electron chi connectivity index (χ2n) is 8.79. The van der Waals surface area contributed by atoms with Gasteiger partial charge < -0.3 is 36.3 Å². The van der Waals surface area contributed by atoms with Crippen LogP contribution >= 0.6 is 24.8 Å². The lowest BCUT2D eigenvalue weighted by Gasteiger charge is -2.06. The van der Waals surface area contributed by atoms with Gasteiger partial charge in [0.05, 0.1) is 12.7 Å². The molecule has 0 saturated heterocycles. The van der Waals surface area contributed by atoms with Crippen LogP contribution in [0.1, 0.15) is 43.7 Å². The first-order valence-electron chi connectivity index (χ1n) is 13.0. The largest absolute Gasteiger partial charge is 0.465 e. The molecule has 0 fully saturated rings. The van der Waals surface area contributed by atoms with Gasteiger partial charge in [-0.25, -0.2) is 14.4 Å². The Bertz CT molecular complexity index is 1400. The highest BCUT2D eigenvalue weighted by molar-refractivity contribution is 5.90. The summed E-state index contributed by atoms with van der Waals surface area (Å²) in [6.07, 6.45) is -1.23. The third kappa shape index (κ3) is 13.1. The minimum atomic E-state index is -0.615. The number of hydrogen-bond donors (Lipinski definition) is 4. The zero-order chi connectivity index (χ0) is 30.2. The molecule has 0 aliphatic carbocycles. The molecule has 10 nitrogen and oxygen atoms in total. The number of nitrogens with two attached hydrogens (primary N) is 2. The molecule has 0 aromatic heterocycles. The van der Waals surface area contributed by atoms with Crippen LogP contribution in [-0.4, -0.2) is 38.5 Å². The molecule has 2 amide bonds. The minimum absolute atomic E-state index is 0. The SMILES string of the molecule is COC(=O)c1cc(C#CCOC(=O)NCc2ccc(CN)cc2)cc(C#CCOC(=O)NCc2ccc(CN)cc2)c1.Cl.Cl. The van der Waals surface area contributed by atoms with Crippen LogP contribution < -0.4 is 22.1 Å². The van der Waals surface area contributed by atoms with Crippen molar-refractivity contribution in [1.29, 1.82) is 0 Å². The van der Waals surface area contributed by atoms with Crippen molar-refractivity contribution in [2.45, 2.75) is 26.2 Å². The van der Waals surface area contributed by atoms with E-state index in [1.54, 1.807) is 18.2 Å². The standard InChI is InChI=1S/C32H32N4O6.2ClH/c1-40-30(37)29-17-27(4-2-14-41-31(38)35-21-25-10-6-23(19-33)7-11-25)16-28(18-29)5-3-15-42-32(39)36-22-26-12-8-24(20-34)9-13-26;;/h6-13,16-18H,14-15,19-22,33-34H2,1H3,(H,35,38)(H,36,39);2*1H. The molecule has 3 aromatic rings. The molecule has 44 heavy (non-hydrogen) atoms. The van der Waals surface area contributed by atoms with E-state index in [1.165, 1.54) is 7.11 Å². The Balaban J connectivity index is 0.00000484. The maximum atomic E-state index is 12.1. The van der Waals surface area contributed by atoms with Crippen molar-refractivity contribution in [3.63, 3.8) is 0 Å². The summed E-state index contributed by atoms with van der Waals surface area (Å²) in [6, 6.07) is 19.8. The fourth-order valence-corrected chi connectivity index (χ4v) is 3.52. The van der Waals surface area contributed by atoms with Crippen molar-refractivity contribution < 1.29 is 28.6 Å². The van der Waals surface area contributed by atoms with Crippen LogP contribution in [0.5, 0.6) is 0 Å². The van der Waals surface area contributed by atoms with Crippen LogP contribution in [0.25, 0.3) is 0 Å². The summed E-state index contributed by atoms with van der Waals surface area (Å²) in [5.74, 6) is 10.6. The predicted octanol–water partition coefficient (Wildman–Crippen LogP) is 3.79. The molecule has 0 unspecified atom stereocenters. The molecule has 0 spiro atoms. The van der Waals surface area contributed by atoms with E-state index in [0.29, 0.717) is 37.3 Å². The summed E-state index contributed by atoms with van der Waals surface area (Å²) in [7, 11) is 1.27. The van der Waals surface area contributed by atoms with Gasteiger partial charge in [0, 0.05) is 37.3 Å². The van der Waals surface area contributed by atoms with Crippen LogP contribution in [-0.2, 0) is 40.4 Å². The number of alkyl carbamates (subject to hydrolysis) is 2. The number of methoxy groups -OCH3 is 1. The second-order valence-corrected chi connectivity index (χ2v) is 8.79. The average Bonchev–Trinajstić information content (AvgIpc) is 3.03. The zero-order valence-corrected chi connectivity index (χ0v) is 25.6. The lowest BCUT2D eigenvalue weighted by Crippen LogP contribution is -2.23. The number of esters is 1. The number of carbonyl (C=O) groups is 3. The number of carbonyl (C=O) groups excluding carboxylic acids is 3. The molecule has 3 rings (SSSR count). The fourth-order valence-electron chi connectivity index (χ4n) is 3.52. The van der Waals surface area contributed by atoms with E-state index in [-0.39, 0.29) is 43.6 Å². The Labute approximate surface area is 269 Å². The van der Waals surface area contributed by atoms with Crippen molar-refractivity contribution in [2.24, 2.45) is 11.5 Å². The summed E-state index contributed by atoms with van der Waals surface area (Å²) in [5, 5.41) is 5.30. The molecule has 12 heteroatoms. The zero-order valence-electron chi connectivity index (χ0n) is 24.0. The van der Waals surface area contributed by atoms with E-state index in [9.17, 15) is 14.4 Å². The molecule has 0 saturated carbocycles. The number of rotatable bonds is 9. The van der Waals surface area contributed by atoms with Crippen molar-refractivity contribution in [3.05, 3.63) is 106 Å². The van der Waals surface area contributed by atoms with Crippen molar-refractivity contribution in [1.82, 2.24) is 10.6 Å². The Morgan fingerprint density at radius 3 is 1.41 bits per heavy atom. The third-order valence-electron chi connectivity index (χ3n) is 5.76. The van der Waals surface area contributed by atoms with Crippen LogP contribution in [0, 0.1) is 23.7 Å². The van der Waals surface area contributed by atoms with E-state index in [1.807, 2.05) is 48.5 Å². The van der Waals surface area contributed by atoms with Gasteiger partial charge in [-0.05, 0) is 40.5 Å². The number of amides is 2. The first kappa shape index (κ1) is 37.3. The smallest absolute Gasteiger partial charge is 0.408 e. The highest BCUT2D eigenvalue weighted by Crippen LogP contribution is 2.11. The molecule has 3 aromatic carbocycles. The summed E-state index contributed by atoms with van der Waals surface area (Å²) in [6.45, 7) is 1.17. The van der Waals surface area contributed by atoms with E-state index >= 15 is 0 Å². The fraction of sp³-hybridized carbons (Fsp3) is 0.219. The van der Waals surface area contributed by atoms with Crippen molar-refractivity contribution in [3.8, 4) is 23.7 Å². The Hall–Kier alpha value is -4.71. The number of halogens is 2. The molecule has 0 aliphatic heterocycles. The third-order valence-corrected chi connectivity index (χ3v) is 5.76. The van der Waals surface area contributed by atoms with Gasteiger partial charge in [-0.2, -0.15) is 0 Å². The average molecular weight is 642 g/mol. The molecule has 0 heterocycles. The summed E-state index contributed by atoms with van der Waals surface area (Å²) < 4.78 is 15.0. The molecular weight excluding hydrogens is 607 g/mol. The number of hydrogen-bond acceptors (Lipinski definition) is 8. The van der Waals surface area contributed by atoms with Crippen LogP contribution in [0.2, 0.25) is 0 Å². The van der Waals surface area contributed by atoms with E-state index < -0.39 is 18.2 Å². The first-order valence-corrected chi connectivity index (χ1v) is 13.0. The predicted molar refractivity (Wildman–Crippen MR) is 171 cm³/mol. The lowest BCUT2D eigenvalue weighted by atomic mass is 10.1. The monoisotopic (exact) mass is 640 g/mol.